The first-order valence-electron chi connectivity index (χ1n) is 24.2. The van der Waals surface area contributed by atoms with Crippen molar-refractivity contribution in [3.05, 3.63) is 107 Å². The van der Waals surface area contributed by atoms with Crippen LogP contribution in [0, 0.1) is 11.5 Å². The number of carboxylic acid groups (broad SMARTS) is 1. The van der Waals surface area contributed by atoms with E-state index in [2.05, 4.69) is 83.6 Å². The molecule has 4 fully saturated rings. The van der Waals surface area contributed by atoms with Gasteiger partial charge in [0.25, 0.3) is 0 Å². The second-order valence-electron chi connectivity index (χ2n) is 18.1. The summed E-state index contributed by atoms with van der Waals surface area (Å²) in [4.78, 5) is 34.7. The zero-order valence-corrected chi connectivity index (χ0v) is 45.0. The first-order valence-corrected chi connectivity index (χ1v) is 26.2. The van der Waals surface area contributed by atoms with E-state index in [4.69, 9.17) is 53.6 Å². The summed E-state index contributed by atoms with van der Waals surface area (Å²) in [6.07, 6.45) is 11.6. The Morgan fingerprint density at radius 2 is 1.47 bits per heavy atom. The number of carbonyl (C=O) groups is 2. The molecule has 0 radical (unpaired) electrons. The fourth-order valence-corrected chi connectivity index (χ4v) is 9.78. The van der Waals surface area contributed by atoms with Crippen molar-refractivity contribution in [2.24, 2.45) is 4.99 Å². The molecular weight excluding hydrogens is 1060 g/mol. The number of thioether (sulfide) groups is 1. The lowest BCUT2D eigenvalue weighted by Gasteiger charge is -2.47. The first kappa shape index (κ1) is 60.4. The van der Waals surface area contributed by atoms with Crippen LogP contribution in [0.2, 0.25) is 10.0 Å². The molecule has 19 nitrogen and oxygen atoms in total. The van der Waals surface area contributed by atoms with Crippen LogP contribution in [-0.2, 0) is 31.9 Å². The number of aromatic nitrogens is 7. The molecule has 3 aromatic heterocycles. The highest BCUT2D eigenvalue weighted by Crippen LogP contribution is 2.30. The molecule has 9 rings (SSSR count). The summed E-state index contributed by atoms with van der Waals surface area (Å²) in [7, 11) is 0. The molecule has 5 N–H and O–H groups in total. The zero-order valence-electron chi connectivity index (χ0n) is 41.8. The number of nitrogens with one attached hydrogen (secondary N) is 2. The lowest BCUT2D eigenvalue weighted by atomic mass is 9.95. The van der Waals surface area contributed by atoms with E-state index in [1.807, 2.05) is 75.5 Å². The highest BCUT2D eigenvalue weighted by Gasteiger charge is 2.39. The normalized spacial score (nSPS) is 21.4. The topological polar surface area (TPSA) is 234 Å². The largest absolute Gasteiger partial charge is 0.490 e. The van der Waals surface area contributed by atoms with E-state index in [-0.39, 0.29) is 36.7 Å². The number of nitrogen functional groups attached to an aromatic ring is 1. The SMILES string of the molecule is CSC(=NC#N)N1CCC(=O)CC1.C[C@H]([C@H]1CN(C2CCN(c3n[nH]c(N)n3)CC2)[C@@H](Cc2ccc(Cl)cc2)CO1)n1cccn1.C[C@H]([C@H]1CN[C@@H](Cc2ccc(Cl)cc2)CO1)n1cccn1.Cl.O=C(O)C(F)(F)F. The number of anilines is 2. The van der Waals surface area contributed by atoms with Gasteiger partial charge in [-0.25, -0.2) is 9.89 Å². The van der Waals surface area contributed by atoms with Crippen LogP contribution in [0.1, 0.15) is 62.7 Å². The number of aliphatic imine (C=N–C) groups is 1. The zero-order chi connectivity index (χ0) is 53.2. The second-order valence-corrected chi connectivity index (χ2v) is 19.7. The number of nitrogens with zero attached hydrogens (tertiary/aromatic N) is 11. The molecule has 4 aliphatic rings. The predicted octanol–water partition coefficient (Wildman–Crippen LogP) is 7.38. The molecule has 4 saturated heterocycles. The van der Waals surface area contributed by atoms with Crippen molar-refractivity contribution in [3.8, 4) is 6.19 Å². The Hall–Kier alpha value is -5.45. The van der Waals surface area contributed by atoms with Gasteiger partial charge in [-0.1, -0.05) is 59.2 Å². The van der Waals surface area contributed by atoms with Crippen LogP contribution in [0.25, 0.3) is 0 Å². The molecule has 75 heavy (non-hydrogen) atoms. The van der Waals surface area contributed by atoms with Crippen LogP contribution in [0.5, 0.6) is 0 Å². The van der Waals surface area contributed by atoms with Crippen molar-refractivity contribution in [2.45, 2.75) is 101 Å². The number of nitrogens with two attached hydrogens (primary N) is 1. The third-order valence-corrected chi connectivity index (χ3v) is 14.3. The monoisotopic (exact) mass is 1120 g/mol. The van der Waals surface area contributed by atoms with Crippen molar-refractivity contribution >= 4 is 76.2 Å². The predicted molar refractivity (Wildman–Crippen MR) is 285 cm³/mol. The molecule has 7 heterocycles. The number of piperidine rings is 2. The number of benzene rings is 2. The number of ether oxygens (including phenoxy) is 2. The molecular formula is C49H64Cl3F3N14O5S. The molecule has 408 valence electrons. The van der Waals surface area contributed by atoms with Crippen molar-refractivity contribution in [1.82, 2.24) is 49.9 Å². The van der Waals surface area contributed by atoms with Crippen LogP contribution in [0.3, 0.4) is 0 Å². The number of rotatable bonds is 10. The Bertz CT molecular complexity index is 2530. The van der Waals surface area contributed by atoms with Crippen LogP contribution in [0.15, 0.2) is 90.4 Å². The van der Waals surface area contributed by atoms with Gasteiger partial charge in [-0.2, -0.15) is 33.6 Å². The number of aliphatic carboxylic acids is 1. The molecule has 0 amide bonds. The quantitative estimate of drug-likeness (QED) is 0.0607. The molecule has 5 aromatic rings. The molecule has 4 aliphatic heterocycles. The van der Waals surface area contributed by atoms with E-state index in [0.29, 0.717) is 68.3 Å². The third-order valence-electron chi connectivity index (χ3n) is 13.1. The van der Waals surface area contributed by atoms with Crippen LogP contribution < -0.4 is 16.0 Å². The highest BCUT2D eigenvalue weighted by atomic mass is 35.5. The molecule has 6 atom stereocenters. The maximum absolute atomic E-state index is 10.9. The molecule has 0 spiro atoms. The van der Waals surface area contributed by atoms with Crippen molar-refractivity contribution in [2.75, 3.05) is 69.4 Å². The number of nitriles is 1. The van der Waals surface area contributed by atoms with E-state index in [9.17, 15) is 18.0 Å². The number of ketones is 1. The third kappa shape index (κ3) is 18.7. The molecule has 2 aromatic carbocycles. The number of halogens is 6. The number of carboxylic acids is 1. The summed E-state index contributed by atoms with van der Waals surface area (Å²) in [6.45, 7) is 10.7. The smallest absolute Gasteiger partial charge is 0.475 e. The maximum atomic E-state index is 10.9. The minimum Gasteiger partial charge on any atom is -0.475 e. The van der Waals surface area contributed by atoms with Crippen LogP contribution >= 0.6 is 47.4 Å². The van der Waals surface area contributed by atoms with Gasteiger partial charge in [0.2, 0.25) is 18.1 Å². The van der Waals surface area contributed by atoms with E-state index < -0.39 is 12.1 Å². The summed E-state index contributed by atoms with van der Waals surface area (Å²) in [5.41, 5.74) is 8.28. The Balaban J connectivity index is 0.000000211. The number of alkyl halides is 3. The van der Waals surface area contributed by atoms with Crippen molar-refractivity contribution in [3.63, 3.8) is 0 Å². The van der Waals surface area contributed by atoms with Crippen molar-refractivity contribution in [1.29, 1.82) is 5.26 Å². The lowest BCUT2D eigenvalue weighted by Crippen LogP contribution is -2.58. The molecule has 0 saturated carbocycles. The summed E-state index contributed by atoms with van der Waals surface area (Å²) in [5.74, 6) is -1.41. The average molecular weight is 1120 g/mol. The fourth-order valence-electron chi connectivity index (χ4n) is 8.96. The number of amidine groups is 1. The average Bonchev–Trinajstić information content (AvgIpc) is 4.23. The highest BCUT2D eigenvalue weighted by molar-refractivity contribution is 8.13. The Kier molecular flexibility index (Phi) is 24.0. The van der Waals surface area contributed by atoms with Gasteiger partial charge in [0, 0.05) is 105 Å². The number of carbonyl (C=O) groups excluding carboxylic acids is 1. The number of likely N-dealkylation sites (tertiary alicyclic amines) is 1. The Morgan fingerprint density at radius 3 is 1.93 bits per heavy atom. The van der Waals surface area contributed by atoms with E-state index in [1.54, 1.807) is 12.4 Å². The number of hydrogen-bond donors (Lipinski definition) is 4. The summed E-state index contributed by atoms with van der Waals surface area (Å²) in [5, 5.41) is 37.1. The van der Waals surface area contributed by atoms with E-state index >= 15 is 0 Å². The van der Waals surface area contributed by atoms with Gasteiger partial charge < -0.3 is 35.4 Å². The minimum atomic E-state index is -5.08. The van der Waals surface area contributed by atoms with Crippen LogP contribution in [0.4, 0.5) is 25.1 Å². The summed E-state index contributed by atoms with van der Waals surface area (Å²) >= 11 is 13.5. The van der Waals surface area contributed by atoms with Gasteiger partial charge in [0.1, 0.15) is 5.78 Å². The Morgan fingerprint density at radius 1 is 0.920 bits per heavy atom. The second kappa shape index (κ2) is 29.7. The molecule has 0 unspecified atom stereocenters. The van der Waals surface area contributed by atoms with Gasteiger partial charge >= 0.3 is 12.1 Å². The standard InChI is InChI=1S/C23H31ClN8O.C16H20ClN3O.C8H11N3OS.C2HF3O2.ClH/c1-16(32-10-2-9-26-32)21-14-31(20(15-33-21)13-17-3-5-18(24)6-4-17)19-7-11-30(12-8-19)23-27-22(25)28-29-23;1-12(20-8-2-7-19-20)16-10-18-15(11-21-16)9-13-3-5-14(17)6-4-13;1-13-8(10-6-9)11-4-2-7(12)3-5-11;3-2(4,5)1(6)7;/h2-6,9-10,16,19-21H,7-8,11-15H2,1H3,(H3,25,27,28,29);2-8,12,15-16,18H,9-11H2,1H3;2-5H2,1H3;(H,6,7);1H/t16-,20+,21-;12-,15+,16-;;;/m11.../s1. The van der Waals surface area contributed by atoms with E-state index in [0.717, 1.165) is 73.7 Å². The minimum absolute atomic E-state index is 0. The van der Waals surface area contributed by atoms with Gasteiger partial charge in [0.05, 0.1) is 37.5 Å². The number of hydrogen-bond acceptors (Lipinski definition) is 15. The van der Waals surface area contributed by atoms with Gasteiger partial charge in [0.15, 0.2) is 5.17 Å². The number of H-pyrrole nitrogens is 1. The van der Waals surface area contributed by atoms with E-state index in [1.165, 1.54) is 22.9 Å². The van der Waals surface area contributed by atoms with Gasteiger partial charge in [-0.3, -0.25) is 19.1 Å². The molecule has 26 heteroatoms. The maximum Gasteiger partial charge on any atom is 0.490 e. The van der Waals surface area contributed by atoms with Gasteiger partial charge in [-0.15, -0.1) is 22.5 Å². The molecule has 0 bridgehead atoms. The number of aromatic amines is 1. The summed E-state index contributed by atoms with van der Waals surface area (Å²) < 4.78 is 48.1. The lowest BCUT2D eigenvalue weighted by molar-refractivity contribution is -0.192. The fraction of sp³-hybridized carbons (Fsp3) is 0.510. The van der Waals surface area contributed by atoms with Gasteiger partial charge in [-0.05, 0) is 93.3 Å². The Labute approximate surface area is 454 Å². The molecule has 0 aliphatic carbocycles. The number of Topliss-reactive ketones (excluding diaryl/α,β-unsaturated/α-hetero) is 1. The first-order chi connectivity index (χ1) is 35.5. The van der Waals surface area contributed by atoms with Crippen molar-refractivity contribution < 1.29 is 37.3 Å². The van der Waals surface area contributed by atoms with Crippen LogP contribution in [-0.4, -0.2) is 162 Å². The summed E-state index contributed by atoms with van der Waals surface area (Å²) in [6, 6.07) is 21.7. The number of morpholine rings is 2.